The van der Waals surface area contributed by atoms with Crippen LogP contribution in [0.4, 0.5) is 4.79 Å². The van der Waals surface area contributed by atoms with Crippen LogP contribution in [0.25, 0.3) is 0 Å². The van der Waals surface area contributed by atoms with Gasteiger partial charge < -0.3 is 20.5 Å². The molecule has 1 unspecified atom stereocenters. The minimum atomic E-state index is -1.09. The minimum absolute atomic E-state index is 0.0389. The summed E-state index contributed by atoms with van der Waals surface area (Å²) in [6.07, 6.45) is -0.0573. The highest BCUT2D eigenvalue weighted by molar-refractivity contribution is 6.06. The highest BCUT2D eigenvalue weighted by Crippen LogP contribution is 2.09. The topological polar surface area (TPSA) is 125 Å². The number of hydrogen-bond donors (Lipinski definition) is 3. The Bertz CT molecular complexity index is 397. The predicted molar refractivity (Wildman–Crippen MR) is 61.2 cm³/mol. The van der Waals surface area contributed by atoms with Crippen LogP contribution < -0.4 is 10.6 Å². The van der Waals surface area contributed by atoms with Crippen LogP contribution in [0.2, 0.25) is 0 Å². The van der Waals surface area contributed by atoms with Crippen molar-refractivity contribution in [3.05, 3.63) is 0 Å². The lowest BCUT2D eigenvalue weighted by molar-refractivity contribution is -0.142. The summed E-state index contributed by atoms with van der Waals surface area (Å²) in [5, 5.41) is 13.0. The molecule has 1 saturated heterocycles. The van der Waals surface area contributed by atoms with E-state index in [1.54, 1.807) is 0 Å². The van der Waals surface area contributed by atoms with Crippen LogP contribution >= 0.6 is 0 Å². The van der Waals surface area contributed by atoms with Crippen LogP contribution in [0.5, 0.6) is 0 Å². The van der Waals surface area contributed by atoms with Crippen molar-refractivity contribution in [3.63, 3.8) is 0 Å². The van der Waals surface area contributed by atoms with Gasteiger partial charge in [0.2, 0.25) is 5.91 Å². The van der Waals surface area contributed by atoms with Crippen molar-refractivity contribution in [2.75, 3.05) is 26.8 Å². The largest absolute Gasteiger partial charge is 0.480 e. The molecule has 0 aliphatic carbocycles. The third kappa shape index (κ3) is 4.54. The average molecular weight is 273 g/mol. The zero-order chi connectivity index (χ0) is 14.4. The zero-order valence-corrected chi connectivity index (χ0v) is 10.3. The first-order valence-electron chi connectivity index (χ1n) is 5.56. The third-order valence-electron chi connectivity index (χ3n) is 2.44. The summed E-state index contributed by atoms with van der Waals surface area (Å²) in [6.45, 7) is -0.301. The van der Waals surface area contributed by atoms with Crippen molar-refractivity contribution in [1.82, 2.24) is 15.5 Å². The molecule has 106 valence electrons. The van der Waals surface area contributed by atoms with E-state index in [9.17, 15) is 19.2 Å². The molecular formula is C10H15N3O6. The van der Waals surface area contributed by atoms with Crippen LogP contribution in [0.1, 0.15) is 6.42 Å². The molecule has 0 radical (unpaired) electrons. The van der Waals surface area contributed by atoms with Gasteiger partial charge in [-0.1, -0.05) is 0 Å². The molecule has 1 heterocycles. The van der Waals surface area contributed by atoms with Crippen molar-refractivity contribution >= 4 is 23.8 Å². The molecule has 9 nitrogen and oxygen atoms in total. The molecule has 0 aromatic heterocycles. The van der Waals surface area contributed by atoms with E-state index in [0.29, 0.717) is 0 Å². The molecule has 0 bridgehead atoms. The van der Waals surface area contributed by atoms with E-state index in [4.69, 9.17) is 9.84 Å². The summed E-state index contributed by atoms with van der Waals surface area (Å²) < 4.78 is 4.70. The highest BCUT2D eigenvalue weighted by atomic mass is 16.5. The summed E-state index contributed by atoms with van der Waals surface area (Å²) in [5.41, 5.74) is 0. The number of likely N-dealkylation sites (tertiary alicyclic amines) is 1. The molecule has 0 aromatic rings. The van der Waals surface area contributed by atoms with Crippen LogP contribution in [0.3, 0.4) is 0 Å². The lowest BCUT2D eigenvalue weighted by atomic mass is 10.2. The van der Waals surface area contributed by atoms with Crippen LogP contribution in [-0.4, -0.2) is 66.7 Å². The van der Waals surface area contributed by atoms with Crippen LogP contribution in [0, 0.1) is 0 Å². The number of rotatable bonds is 6. The molecule has 0 saturated carbocycles. The van der Waals surface area contributed by atoms with Gasteiger partial charge in [-0.3, -0.25) is 14.5 Å². The maximum absolute atomic E-state index is 11.5. The Hall–Kier alpha value is -2.16. The molecule has 9 heteroatoms. The Kier molecular flexibility index (Phi) is 5.24. The van der Waals surface area contributed by atoms with E-state index >= 15 is 0 Å². The summed E-state index contributed by atoms with van der Waals surface area (Å²) in [4.78, 5) is 45.1. The molecule has 1 atom stereocenters. The molecule has 19 heavy (non-hydrogen) atoms. The van der Waals surface area contributed by atoms with Gasteiger partial charge in [-0.15, -0.1) is 0 Å². The van der Waals surface area contributed by atoms with Gasteiger partial charge in [-0.05, 0) is 0 Å². The second kappa shape index (κ2) is 6.69. The van der Waals surface area contributed by atoms with Gasteiger partial charge in [-0.2, -0.15) is 0 Å². The van der Waals surface area contributed by atoms with E-state index < -0.39 is 30.6 Å². The lowest BCUT2D eigenvalue weighted by Crippen LogP contribution is -2.46. The van der Waals surface area contributed by atoms with E-state index in [-0.39, 0.29) is 25.5 Å². The molecule has 1 aliphatic rings. The van der Waals surface area contributed by atoms with Crippen molar-refractivity contribution in [2.45, 2.75) is 12.5 Å². The van der Waals surface area contributed by atoms with Gasteiger partial charge in [0.05, 0.1) is 13.0 Å². The van der Waals surface area contributed by atoms with Crippen molar-refractivity contribution in [3.8, 4) is 0 Å². The first-order chi connectivity index (χ1) is 8.91. The number of aliphatic carboxylic acids is 1. The lowest BCUT2D eigenvalue weighted by Gasteiger charge is -2.12. The van der Waals surface area contributed by atoms with Gasteiger partial charge in [0, 0.05) is 13.6 Å². The Labute approximate surface area is 108 Å². The molecule has 3 N–H and O–H groups in total. The molecule has 0 spiro atoms. The number of carbonyl (C=O) groups excluding carboxylic acids is 3. The smallest absolute Gasteiger partial charge is 0.329 e. The number of nitrogens with zero attached hydrogens (tertiary/aromatic N) is 1. The van der Waals surface area contributed by atoms with Crippen molar-refractivity contribution < 1.29 is 29.0 Å². The number of carboxylic acid groups (broad SMARTS) is 1. The molecule has 4 amide bonds. The van der Waals surface area contributed by atoms with E-state index in [2.05, 4.69) is 10.6 Å². The standard InChI is InChI=1S/C10H15N3O6/c1-13-7(14)4-6(9(13)17)12-10(18)11-2-3-19-5-8(15)16/h6H,2-5H2,1H3,(H,15,16)(H2,11,12,18). The maximum atomic E-state index is 11.5. The van der Waals surface area contributed by atoms with Crippen molar-refractivity contribution in [1.29, 1.82) is 0 Å². The summed E-state index contributed by atoms with van der Waals surface area (Å²) >= 11 is 0. The number of nitrogens with one attached hydrogen (secondary N) is 2. The number of urea groups is 1. The van der Waals surface area contributed by atoms with Gasteiger partial charge in [0.15, 0.2) is 0 Å². The number of carbonyl (C=O) groups is 4. The number of amides is 4. The fourth-order valence-corrected chi connectivity index (χ4v) is 1.47. The molecule has 0 aromatic carbocycles. The Morgan fingerprint density at radius 1 is 1.47 bits per heavy atom. The third-order valence-corrected chi connectivity index (χ3v) is 2.44. The first-order valence-corrected chi connectivity index (χ1v) is 5.56. The number of imide groups is 1. The van der Waals surface area contributed by atoms with E-state index in [1.165, 1.54) is 7.05 Å². The Morgan fingerprint density at radius 2 is 2.16 bits per heavy atom. The second-order valence-electron chi connectivity index (χ2n) is 3.89. The molecule has 1 rings (SSSR count). The molecule has 1 aliphatic heterocycles. The van der Waals surface area contributed by atoms with Crippen LogP contribution in [0.15, 0.2) is 0 Å². The maximum Gasteiger partial charge on any atom is 0.329 e. The zero-order valence-electron chi connectivity index (χ0n) is 10.3. The van der Waals surface area contributed by atoms with Gasteiger partial charge >= 0.3 is 12.0 Å². The van der Waals surface area contributed by atoms with E-state index in [0.717, 1.165) is 4.90 Å². The normalized spacial score (nSPS) is 18.6. The summed E-state index contributed by atoms with van der Waals surface area (Å²) in [7, 11) is 1.35. The van der Waals surface area contributed by atoms with Gasteiger partial charge in [0.1, 0.15) is 12.6 Å². The monoisotopic (exact) mass is 273 g/mol. The Balaban J connectivity index is 2.20. The average Bonchev–Trinajstić information content (AvgIpc) is 2.56. The number of likely N-dealkylation sites (N-methyl/N-ethyl adjacent to an activating group) is 1. The summed E-state index contributed by atoms with van der Waals surface area (Å²) in [6, 6.07) is -1.46. The Morgan fingerprint density at radius 3 is 2.68 bits per heavy atom. The molecular weight excluding hydrogens is 258 g/mol. The van der Waals surface area contributed by atoms with Gasteiger partial charge in [-0.25, -0.2) is 9.59 Å². The number of ether oxygens (including phenoxy) is 1. The number of carboxylic acids is 1. The minimum Gasteiger partial charge on any atom is -0.480 e. The van der Waals surface area contributed by atoms with Crippen molar-refractivity contribution in [2.24, 2.45) is 0 Å². The summed E-state index contributed by atoms with van der Waals surface area (Å²) in [5.74, 6) is -1.90. The first kappa shape index (κ1) is 14.9. The van der Waals surface area contributed by atoms with E-state index in [1.807, 2.05) is 0 Å². The second-order valence-corrected chi connectivity index (χ2v) is 3.89. The fraction of sp³-hybridized carbons (Fsp3) is 0.600. The quantitative estimate of drug-likeness (QED) is 0.385. The predicted octanol–water partition coefficient (Wildman–Crippen LogP) is -1.86. The van der Waals surface area contributed by atoms with Crippen LogP contribution in [-0.2, 0) is 19.1 Å². The van der Waals surface area contributed by atoms with Gasteiger partial charge in [0.25, 0.3) is 5.91 Å². The fourth-order valence-electron chi connectivity index (χ4n) is 1.47. The SMILES string of the molecule is CN1C(=O)CC(NC(=O)NCCOCC(=O)O)C1=O. The number of hydrogen-bond acceptors (Lipinski definition) is 5. The molecule has 1 fully saturated rings. The highest BCUT2D eigenvalue weighted by Gasteiger charge is 2.36.